The molecule has 2 heteroatoms. The molecule has 5 rings (SSSR count). The van der Waals surface area contributed by atoms with Crippen molar-refractivity contribution in [2.24, 2.45) is 34.5 Å². The zero-order valence-corrected chi connectivity index (χ0v) is 17.8. The summed E-state index contributed by atoms with van der Waals surface area (Å²) < 4.78 is 0. The van der Waals surface area contributed by atoms with Crippen molar-refractivity contribution in [2.45, 2.75) is 77.3 Å². The fourth-order valence-electron chi connectivity index (χ4n) is 8.88. The van der Waals surface area contributed by atoms with Crippen molar-refractivity contribution >= 4 is 0 Å². The Hall–Kier alpha value is -0.340. The van der Waals surface area contributed by atoms with Crippen molar-refractivity contribution in [1.29, 1.82) is 0 Å². The molecule has 3 saturated carbocycles. The van der Waals surface area contributed by atoms with Gasteiger partial charge in [-0.15, -0.1) is 0 Å². The van der Waals surface area contributed by atoms with E-state index in [-0.39, 0.29) is 0 Å². The van der Waals surface area contributed by atoms with Gasteiger partial charge in [-0.2, -0.15) is 0 Å². The maximum atomic E-state index is 2.74. The molecule has 1 spiro atoms. The van der Waals surface area contributed by atoms with Gasteiger partial charge in [0.1, 0.15) is 0 Å². The molecule has 0 aromatic rings. The summed E-state index contributed by atoms with van der Waals surface area (Å²) in [6, 6.07) is 1.60. The Morgan fingerprint density at radius 1 is 1.04 bits per heavy atom. The summed E-state index contributed by atoms with van der Waals surface area (Å²) >= 11 is 0. The second-order valence-electron chi connectivity index (χ2n) is 11.2. The van der Waals surface area contributed by atoms with Crippen LogP contribution in [0.1, 0.15) is 65.2 Å². The van der Waals surface area contributed by atoms with Gasteiger partial charge in [0.15, 0.2) is 0 Å². The van der Waals surface area contributed by atoms with E-state index in [1.165, 1.54) is 57.9 Å². The van der Waals surface area contributed by atoms with Crippen LogP contribution >= 0.6 is 0 Å². The van der Waals surface area contributed by atoms with Gasteiger partial charge in [-0.25, -0.2) is 0 Å². The fraction of sp³-hybridized carbons (Fsp3) is 0.917. The molecule has 0 amide bonds. The minimum Gasteiger partial charge on any atom is -0.306 e. The number of hydrogen-bond acceptors (Lipinski definition) is 2. The fourth-order valence-corrected chi connectivity index (χ4v) is 8.88. The lowest BCUT2D eigenvalue weighted by Crippen LogP contribution is -2.52. The topological polar surface area (TPSA) is 6.48 Å². The first kappa shape index (κ1) is 17.7. The molecule has 4 aliphatic carbocycles. The lowest BCUT2D eigenvalue weighted by Gasteiger charge is -2.58. The van der Waals surface area contributed by atoms with E-state index in [0.29, 0.717) is 10.8 Å². The lowest BCUT2D eigenvalue weighted by molar-refractivity contribution is -0.0430. The Morgan fingerprint density at radius 3 is 2.58 bits per heavy atom. The van der Waals surface area contributed by atoms with Crippen molar-refractivity contribution in [2.75, 3.05) is 27.7 Å². The number of allylic oxidation sites excluding steroid dienone is 1. The third-order valence-corrected chi connectivity index (χ3v) is 10.4. The van der Waals surface area contributed by atoms with Gasteiger partial charge in [0.05, 0.1) is 0 Å². The molecule has 5 aliphatic rings. The SMILES string of the molecule is CC1C2CCC3C4CC=C5CC(N(C)C)CC[C@]5(C)C4CC[C@@]32CN1C. The highest BCUT2D eigenvalue weighted by atomic mass is 15.2. The first-order valence-electron chi connectivity index (χ1n) is 11.4. The molecular formula is C24H40N2. The Labute approximate surface area is 161 Å². The van der Waals surface area contributed by atoms with Gasteiger partial charge in [-0.3, -0.25) is 0 Å². The predicted molar refractivity (Wildman–Crippen MR) is 109 cm³/mol. The molecule has 0 radical (unpaired) electrons. The first-order valence-corrected chi connectivity index (χ1v) is 11.4. The molecule has 1 saturated heterocycles. The molecule has 0 bridgehead atoms. The van der Waals surface area contributed by atoms with Crippen molar-refractivity contribution in [3.63, 3.8) is 0 Å². The second-order valence-corrected chi connectivity index (χ2v) is 11.2. The van der Waals surface area contributed by atoms with E-state index >= 15 is 0 Å². The third kappa shape index (κ3) is 2.18. The monoisotopic (exact) mass is 356 g/mol. The zero-order chi connectivity index (χ0) is 18.3. The van der Waals surface area contributed by atoms with Crippen LogP contribution in [0.2, 0.25) is 0 Å². The summed E-state index contributed by atoms with van der Waals surface area (Å²) in [7, 11) is 6.95. The van der Waals surface area contributed by atoms with E-state index in [1.54, 1.807) is 0 Å². The average Bonchev–Trinajstić information content (AvgIpc) is 3.08. The molecule has 0 aromatic carbocycles. The maximum Gasteiger partial charge on any atom is 0.0127 e. The Bertz CT molecular complexity index is 609. The minimum atomic E-state index is 0.519. The molecule has 2 nitrogen and oxygen atoms in total. The highest BCUT2D eigenvalue weighted by molar-refractivity contribution is 5.26. The Kier molecular flexibility index (Phi) is 3.98. The maximum absolute atomic E-state index is 2.74. The summed E-state index contributed by atoms with van der Waals surface area (Å²) in [6.07, 6.45) is 14.4. The van der Waals surface area contributed by atoms with Gasteiger partial charge >= 0.3 is 0 Å². The van der Waals surface area contributed by atoms with Gasteiger partial charge in [0.2, 0.25) is 0 Å². The Balaban J connectivity index is 1.45. The minimum absolute atomic E-state index is 0.519. The highest BCUT2D eigenvalue weighted by Crippen LogP contribution is 2.68. The predicted octanol–water partition coefficient (Wildman–Crippen LogP) is 4.81. The molecular weight excluding hydrogens is 316 g/mol. The van der Waals surface area contributed by atoms with Crippen LogP contribution in [0.3, 0.4) is 0 Å². The van der Waals surface area contributed by atoms with Crippen molar-refractivity contribution in [3.8, 4) is 0 Å². The molecule has 146 valence electrons. The summed E-state index contributed by atoms with van der Waals surface area (Å²) in [5.41, 5.74) is 3.04. The van der Waals surface area contributed by atoms with Crippen molar-refractivity contribution in [3.05, 3.63) is 11.6 Å². The standard InChI is InChI=1S/C24H40N2/c1-16-20-8-9-22-19-7-6-17-14-18(25(3)4)10-12-23(17,2)21(19)11-13-24(20,22)15-26(16)5/h6,16,18-22H,7-15H2,1-5H3/t16?,18?,19?,20?,21?,22?,23-,24-/m0/s1. The van der Waals surface area contributed by atoms with E-state index in [4.69, 9.17) is 0 Å². The molecule has 1 heterocycles. The normalized spacial score (nSPS) is 53.7. The quantitative estimate of drug-likeness (QED) is 0.622. The average molecular weight is 357 g/mol. The second kappa shape index (κ2) is 5.83. The molecule has 8 atom stereocenters. The van der Waals surface area contributed by atoms with Crippen molar-refractivity contribution < 1.29 is 0 Å². The number of likely N-dealkylation sites (tertiary alicyclic amines) is 1. The van der Waals surface area contributed by atoms with Crippen LogP contribution in [0.5, 0.6) is 0 Å². The van der Waals surface area contributed by atoms with Gasteiger partial charge in [-0.1, -0.05) is 18.6 Å². The zero-order valence-electron chi connectivity index (χ0n) is 17.8. The van der Waals surface area contributed by atoms with Crippen LogP contribution in [0.25, 0.3) is 0 Å². The van der Waals surface area contributed by atoms with E-state index in [2.05, 4.69) is 50.9 Å². The molecule has 0 N–H and O–H groups in total. The van der Waals surface area contributed by atoms with Gasteiger partial charge < -0.3 is 9.80 Å². The van der Waals surface area contributed by atoms with E-state index < -0.39 is 0 Å². The molecule has 26 heavy (non-hydrogen) atoms. The van der Waals surface area contributed by atoms with Gasteiger partial charge in [-0.05, 0) is 114 Å². The van der Waals surface area contributed by atoms with E-state index in [9.17, 15) is 0 Å². The van der Waals surface area contributed by atoms with Gasteiger partial charge in [0, 0.05) is 18.6 Å². The lowest BCUT2D eigenvalue weighted by atomic mass is 9.47. The molecule has 0 aromatic heterocycles. The summed E-state index contributed by atoms with van der Waals surface area (Å²) in [4.78, 5) is 5.17. The molecule has 6 unspecified atom stereocenters. The Morgan fingerprint density at radius 2 is 1.81 bits per heavy atom. The van der Waals surface area contributed by atoms with Crippen LogP contribution in [-0.4, -0.2) is 49.6 Å². The van der Waals surface area contributed by atoms with Crippen molar-refractivity contribution in [1.82, 2.24) is 9.80 Å². The summed E-state index contributed by atoms with van der Waals surface area (Å²) in [6.45, 7) is 6.56. The van der Waals surface area contributed by atoms with Gasteiger partial charge in [0.25, 0.3) is 0 Å². The van der Waals surface area contributed by atoms with Crippen LogP contribution in [0, 0.1) is 34.5 Å². The molecule has 4 fully saturated rings. The van der Waals surface area contributed by atoms with Crippen LogP contribution in [-0.2, 0) is 0 Å². The number of nitrogens with zero attached hydrogens (tertiary/aromatic N) is 2. The van der Waals surface area contributed by atoms with E-state index in [1.807, 2.05) is 5.57 Å². The number of fused-ring (bicyclic) bond motifs is 4. The first-order chi connectivity index (χ1) is 12.4. The van der Waals surface area contributed by atoms with Crippen LogP contribution in [0.4, 0.5) is 0 Å². The number of hydrogen-bond donors (Lipinski definition) is 0. The largest absolute Gasteiger partial charge is 0.306 e. The third-order valence-electron chi connectivity index (χ3n) is 10.4. The summed E-state index contributed by atoms with van der Waals surface area (Å²) in [5.74, 6) is 3.96. The highest BCUT2D eigenvalue weighted by Gasteiger charge is 2.63. The smallest absolute Gasteiger partial charge is 0.0127 e. The van der Waals surface area contributed by atoms with E-state index in [0.717, 1.165) is 35.8 Å². The number of rotatable bonds is 1. The molecule has 1 aliphatic heterocycles. The van der Waals surface area contributed by atoms with Crippen LogP contribution in [0.15, 0.2) is 11.6 Å². The van der Waals surface area contributed by atoms with Crippen LogP contribution < -0.4 is 0 Å². The summed E-state index contributed by atoms with van der Waals surface area (Å²) in [5, 5.41) is 0.